The Balaban J connectivity index is 2.40. The number of carbonyl (C=O) groups is 2. The third kappa shape index (κ3) is 1.98. The van der Waals surface area contributed by atoms with Crippen LogP contribution in [-0.2, 0) is 16.0 Å². The van der Waals surface area contributed by atoms with Gasteiger partial charge in [0.05, 0.1) is 0 Å². The van der Waals surface area contributed by atoms with Crippen LogP contribution in [0.1, 0.15) is 25.8 Å². The molecular weight excluding hydrogens is 230 g/mol. The third-order valence-corrected chi connectivity index (χ3v) is 3.53. The molecule has 0 saturated carbocycles. The van der Waals surface area contributed by atoms with E-state index in [0.717, 1.165) is 11.3 Å². The van der Waals surface area contributed by atoms with Crippen molar-refractivity contribution in [1.29, 1.82) is 0 Å². The van der Waals surface area contributed by atoms with Crippen LogP contribution in [0.3, 0.4) is 0 Å². The molecule has 1 amide bonds. The fraction of sp³-hybridized carbons (Fsp3) is 0.429. The number of carboxylic acids is 1. The molecule has 18 heavy (non-hydrogen) atoms. The predicted molar refractivity (Wildman–Crippen MR) is 68.5 cm³/mol. The standard InChI is InChI=1S/C14H17NO3/c1-3-9(2)13(16)15-11-7-5-4-6-10(11)8-12(15)14(17)18/h4-7,9,12H,3,8H2,1-2H3,(H,17,18)/t9?,12-/m0/s1. The van der Waals surface area contributed by atoms with Crippen molar-refractivity contribution in [2.24, 2.45) is 5.92 Å². The van der Waals surface area contributed by atoms with E-state index in [0.29, 0.717) is 12.8 Å². The highest BCUT2D eigenvalue weighted by molar-refractivity contribution is 6.02. The molecule has 1 unspecified atom stereocenters. The number of hydrogen-bond donors (Lipinski definition) is 1. The number of carboxylic acid groups (broad SMARTS) is 1. The van der Waals surface area contributed by atoms with Gasteiger partial charge in [0.15, 0.2) is 0 Å². The van der Waals surface area contributed by atoms with E-state index in [9.17, 15) is 14.7 Å². The molecule has 1 aromatic rings. The van der Waals surface area contributed by atoms with E-state index in [1.54, 1.807) is 0 Å². The van der Waals surface area contributed by atoms with E-state index in [1.165, 1.54) is 4.90 Å². The third-order valence-electron chi connectivity index (χ3n) is 3.53. The molecule has 1 heterocycles. The Morgan fingerprint density at radius 2 is 2.11 bits per heavy atom. The number of carbonyl (C=O) groups excluding carboxylic acids is 1. The van der Waals surface area contributed by atoms with Crippen LogP contribution in [-0.4, -0.2) is 23.0 Å². The van der Waals surface area contributed by atoms with Crippen molar-refractivity contribution in [3.8, 4) is 0 Å². The first-order valence-corrected chi connectivity index (χ1v) is 6.20. The molecule has 2 atom stereocenters. The molecule has 0 bridgehead atoms. The lowest BCUT2D eigenvalue weighted by Gasteiger charge is -2.25. The van der Waals surface area contributed by atoms with Crippen molar-refractivity contribution >= 4 is 17.6 Å². The maximum atomic E-state index is 12.3. The highest BCUT2D eigenvalue weighted by Crippen LogP contribution is 2.33. The van der Waals surface area contributed by atoms with Crippen LogP contribution in [0.2, 0.25) is 0 Å². The van der Waals surface area contributed by atoms with Gasteiger partial charge in [-0.2, -0.15) is 0 Å². The molecule has 0 saturated heterocycles. The molecule has 96 valence electrons. The summed E-state index contributed by atoms with van der Waals surface area (Å²) in [6.45, 7) is 3.77. The first kappa shape index (κ1) is 12.6. The average Bonchev–Trinajstić information content (AvgIpc) is 2.76. The van der Waals surface area contributed by atoms with Crippen molar-refractivity contribution in [2.75, 3.05) is 4.90 Å². The van der Waals surface area contributed by atoms with E-state index in [4.69, 9.17) is 0 Å². The first-order chi connectivity index (χ1) is 8.56. The minimum atomic E-state index is -0.942. The molecule has 2 rings (SSSR count). The highest BCUT2D eigenvalue weighted by atomic mass is 16.4. The minimum absolute atomic E-state index is 0.102. The Kier molecular flexibility index (Phi) is 3.36. The van der Waals surface area contributed by atoms with Crippen LogP contribution in [0.4, 0.5) is 5.69 Å². The Bertz CT molecular complexity index is 484. The van der Waals surface area contributed by atoms with Crippen molar-refractivity contribution in [3.05, 3.63) is 29.8 Å². The van der Waals surface area contributed by atoms with Crippen molar-refractivity contribution in [3.63, 3.8) is 0 Å². The zero-order chi connectivity index (χ0) is 13.3. The number of rotatable bonds is 3. The van der Waals surface area contributed by atoms with Crippen LogP contribution in [0.15, 0.2) is 24.3 Å². The number of nitrogens with zero attached hydrogens (tertiary/aromatic N) is 1. The van der Waals surface area contributed by atoms with Crippen molar-refractivity contribution in [2.45, 2.75) is 32.7 Å². The number of fused-ring (bicyclic) bond motifs is 1. The first-order valence-electron chi connectivity index (χ1n) is 6.20. The lowest BCUT2D eigenvalue weighted by atomic mass is 10.1. The Morgan fingerprint density at radius 1 is 1.44 bits per heavy atom. The molecule has 4 nitrogen and oxygen atoms in total. The van der Waals surface area contributed by atoms with Gasteiger partial charge in [-0.1, -0.05) is 32.0 Å². The number of anilines is 1. The maximum Gasteiger partial charge on any atom is 0.327 e. The summed E-state index contributed by atoms with van der Waals surface area (Å²) < 4.78 is 0. The van der Waals surface area contributed by atoms with Gasteiger partial charge in [0.1, 0.15) is 6.04 Å². The lowest BCUT2D eigenvalue weighted by Crippen LogP contribution is -2.45. The summed E-state index contributed by atoms with van der Waals surface area (Å²) in [6, 6.07) is 6.65. The minimum Gasteiger partial charge on any atom is -0.480 e. The quantitative estimate of drug-likeness (QED) is 0.889. The van der Waals surface area contributed by atoms with E-state index < -0.39 is 12.0 Å². The van der Waals surface area contributed by atoms with Gasteiger partial charge in [0, 0.05) is 18.0 Å². The molecule has 0 aromatic heterocycles. The molecule has 4 heteroatoms. The maximum absolute atomic E-state index is 12.3. The monoisotopic (exact) mass is 247 g/mol. The number of benzene rings is 1. The van der Waals surface area contributed by atoms with Crippen LogP contribution < -0.4 is 4.90 Å². The van der Waals surface area contributed by atoms with Gasteiger partial charge in [-0.15, -0.1) is 0 Å². The summed E-state index contributed by atoms with van der Waals surface area (Å²) in [5.41, 5.74) is 1.68. The number of hydrogen-bond acceptors (Lipinski definition) is 2. The highest BCUT2D eigenvalue weighted by Gasteiger charge is 2.39. The molecular formula is C14H17NO3. The molecule has 0 radical (unpaired) electrons. The number of amides is 1. The second kappa shape index (κ2) is 4.80. The summed E-state index contributed by atoms with van der Waals surface area (Å²) in [4.78, 5) is 25.1. The molecule has 0 spiro atoms. The van der Waals surface area contributed by atoms with Gasteiger partial charge in [-0.3, -0.25) is 9.69 Å². The Hall–Kier alpha value is -1.84. The van der Waals surface area contributed by atoms with E-state index in [2.05, 4.69) is 0 Å². The van der Waals surface area contributed by atoms with Gasteiger partial charge in [0.2, 0.25) is 5.91 Å². The average molecular weight is 247 g/mol. The zero-order valence-corrected chi connectivity index (χ0v) is 10.6. The Labute approximate surface area is 106 Å². The molecule has 0 fully saturated rings. The summed E-state index contributed by atoms with van der Waals surface area (Å²) in [5, 5.41) is 9.27. The van der Waals surface area contributed by atoms with Crippen molar-refractivity contribution < 1.29 is 14.7 Å². The van der Waals surface area contributed by atoms with Crippen molar-refractivity contribution in [1.82, 2.24) is 0 Å². The SMILES string of the molecule is CCC(C)C(=O)N1c2ccccc2C[C@H]1C(=O)O. The van der Waals surface area contributed by atoms with Gasteiger partial charge in [-0.25, -0.2) is 4.79 Å². The van der Waals surface area contributed by atoms with E-state index in [1.807, 2.05) is 38.1 Å². The predicted octanol–water partition coefficient (Wildman–Crippen LogP) is 2.08. The largest absolute Gasteiger partial charge is 0.480 e. The van der Waals surface area contributed by atoms with Crippen LogP contribution in [0, 0.1) is 5.92 Å². The van der Waals surface area contributed by atoms with Crippen LogP contribution in [0.25, 0.3) is 0 Å². The molecule has 1 aliphatic heterocycles. The number of para-hydroxylation sites is 1. The van der Waals surface area contributed by atoms with Gasteiger partial charge < -0.3 is 5.11 Å². The second-order valence-electron chi connectivity index (χ2n) is 4.70. The fourth-order valence-electron chi connectivity index (χ4n) is 2.27. The number of aliphatic carboxylic acids is 1. The zero-order valence-electron chi connectivity index (χ0n) is 10.6. The summed E-state index contributed by atoms with van der Waals surface area (Å²) in [7, 11) is 0. The fourth-order valence-corrected chi connectivity index (χ4v) is 2.27. The Morgan fingerprint density at radius 3 is 2.72 bits per heavy atom. The molecule has 1 aromatic carbocycles. The molecule has 1 N–H and O–H groups in total. The summed E-state index contributed by atoms with van der Waals surface area (Å²) >= 11 is 0. The topological polar surface area (TPSA) is 57.6 Å². The normalized spacial score (nSPS) is 19.4. The van der Waals surface area contributed by atoms with Crippen LogP contribution >= 0.6 is 0 Å². The summed E-state index contributed by atoms with van der Waals surface area (Å²) in [5.74, 6) is -1.20. The van der Waals surface area contributed by atoms with E-state index >= 15 is 0 Å². The summed E-state index contributed by atoms with van der Waals surface area (Å²) in [6.07, 6.45) is 1.11. The van der Waals surface area contributed by atoms with Gasteiger partial charge in [-0.05, 0) is 18.1 Å². The van der Waals surface area contributed by atoms with E-state index in [-0.39, 0.29) is 11.8 Å². The molecule has 1 aliphatic rings. The smallest absolute Gasteiger partial charge is 0.327 e. The van der Waals surface area contributed by atoms with Gasteiger partial charge in [0.25, 0.3) is 0 Å². The van der Waals surface area contributed by atoms with Gasteiger partial charge >= 0.3 is 5.97 Å². The lowest BCUT2D eigenvalue weighted by molar-refractivity contribution is -0.140. The second-order valence-corrected chi connectivity index (χ2v) is 4.70. The van der Waals surface area contributed by atoms with Crippen LogP contribution in [0.5, 0.6) is 0 Å². The molecule has 0 aliphatic carbocycles.